The molecule has 4 heteroatoms. The van der Waals surface area contributed by atoms with Crippen molar-refractivity contribution in [1.82, 2.24) is 4.98 Å². The summed E-state index contributed by atoms with van der Waals surface area (Å²) >= 11 is 3.38. The van der Waals surface area contributed by atoms with Gasteiger partial charge >= 0.3 is 0 Å². The molecular weight excluding hydrogens is 242 g/mol. The van der Waals surface area contributed by atoms with Crippen LogP contribution in [-0.2, 0) is 0 Å². The molecule has 0 radical (unpaired) electrons. The van der Waals surface area contributed by atoms with E-state index in [-0.39, 0.29) is 0 Å². The van der Waals surface area contributed by atoms with E-state index >= 15 is 0 Å². The van der Waals surface area contributed by atoms with E-state index in [0.29, 0.717) is 5.69 Å². The molecule has 3 N–H and O–H groups in total. The Morgan fingerprint density at radius 2 is 2.36 bits per heavy atom. The fraction of sp³-hybridized carbons (Fsp3) is 0.300. The largest absolute Gasteiger partial charge is 0.396 e. The van der Waals surface area contributed by atoms with Crippen LogP contribution in [0.3, 0.4) is 0 Å². The zero-order chi connectivity index (χ0) is 10.6. The first-order chi connectivity index (χ1) is 6.65. The van der Waals surface area contributed by atoms with E-state index < -0.39 is 0 Å². The van der Waals surface area contributed by atoms with Crippen molar-refractivity contribution >= 4 is 27.3 Å². The summed E-state index contributed by atoms with van der Waals surface area (Å²) in [6, 6.07) is 0. The van der Waals surface area contributed by atoms with Crippen LogP contribution in [0.1, 0.15) is 13.3 Å². The van der Waals surface area contributed by atoms with Crippen LogP contribution in [0.2, 0.25) is 0 Å². The quantitative estimate of drug-likeness (QED) is 0.814. The number of nitrogens with two attached hydrogens (primary N) is 1. The minimum Gasteiger partial charge on any atom is -0.396 e. The molecule has 1 heterocycles. The van der Waals surface area contributed by atoms with Gasteiger partial charge in [0.25, 0.3) is 0 Å². The maximum absolute atomic E-state index is 5.76. The molecular formula is C10H14BrN3. The molecule has 0 saturated carbocycles. The monoisotopic (exact) mass is 255 g/mol. The van der Waals surface area contributed by atoms with Crippen LogP contribution >= 0.6 is 15.9 Å². The lowest BCUT2D eigenvalue weighted by molar-refractivity contribution is 1.05. The molecule has 0 aliphatic carbocycles. The predicted molar refractivity (Wildman–Crippen MR) is 64.3 cm³/mol. The first-order valence-electron chi connectivity index (χ1n) is 4.44. The van der Waals surface area contributed by atoms with Gasteiger partial charge in [-0.05, 0) is 22.4 Å². The van der Waals surface area contributed by atoms with Gasteiger partial charge in [0.1, 0.15) is 0 Å². The number of hydrogen-bond donors (Lipinski definition) is 2. The van der Waals surface area contributed by atoms with Crippen LogP contribution in [0, 0.1) is 0 Å². The molecule has 0 aromatic carbocycles. The van der Waals surface area contributed by atoms with Gasteiger partial charge < -0.3 is 11.1 Å². The highest BCUT2D eigenvalue weighted by Crippen LogP contribution is 2.26. The van der Waals surface area contributed by atoms with E-state index in [9.17, 15) is 0 Å². The lowest BCUT2D eigenvalue weighted by atomic mass is 10.2. The van der Waals surface area contributed by atoms with E-state index in [4.69, 9.17) is 5.73 Å². The topological polar surface area (TPSA) is 50.9 Å². The van der Waals surface area contributed by atoms with Crippen molar-refractivity contribution in [1.29, 1.82) is 0 Å². The van der Waals surface area contributed by atoms with E-state index in [2.05, 4.69) is 39.7 Å². The van der Waals surface area contributed by atoms with Crippen LogP contribution in [0.5, 0.6) is 0 Å². The summed E-state index contributed by atoms with van der Waals surface area (Å²) in [4.78, 5) is 3.96. The molecule has 1 aromatic rings. The summed E-state index contributed by atoms with van der Waals surface area (Å²) in [5, 5.41) is 3.22. The van der Waals surface area contributed by atoms with Crippen LogP contribution < -0.4 is 11.1 Å². The zero-order valence-electron chi connectivity index (χ0n) is 8.18. The SMILES string of the molecule is C=C(CC)CNc1c(N)cncc1Br. The molecule has 0 amide bonds. The summed E-state index contributed by atoms with van der Waals surface area (Å²) in [5.41, 5.74) is 8.44. The minimum absolute atomic E-state index is 0.642. The second-order valence-electron chi connectivity index (χ2n) is 3.04. The average Bonchev–Trinajstić information content (AvgIpc) is 2.16. The number of anilines is 2. The van der Waals surface area contributed by atoms with Gasteiger partial charge in [-0.2, -0.15) is 0 Å². The molecule has 14 heavy (non-hydrogen) atoms. The highest BCUT2D eigenvalue weighted by Gasteiger charge is 2.03. The van der Waals surface area contributed by atoms with Crippen LogP contribution in [0.15, 0.2) is 29.0 Å². The van der Waals surface area contributed by atoms with Gasteiger partial charge in [-0.1, -0.05) is 19.1 Å². The highest BCUT2D eigenvalue weighted by atomic mass is 79.9. The Labute approximate surface area is 92.5 Å². The molecule has 0 unspecified atom stereocenters. The number of nitrogen functional groups attached to an aromatic ring is 1. The maximum Gasteiger partial charge on any atom is 0.0752 e. The molecule has 0 fully saturated rings. The van der Waals surface area contributed by atoms with Crippen LogP contribution in [0.25, 0.3) is 0 Å². The Morgan fingerprint density at radius 1 is 1.64 bits per heavy atom. The Kier molecular flexibility index (Phi) is 3.95. The average molecular weight is 256 g/mol. The fourth-order valence-electron chi connectivity index (χ4n) is 0.975. The normalized spacial score (nSPS) is 9.86. The third kappa shape index (κ3) is 2.73. The van der Waals surface area contributed by atoms with Gasteiger partial charge in [0.15, 0.2) is 0 Å². The zero-order valence-corrected chi connectivity index (χ0v) is 9.76. The fourth-order valence-corrected chi connectivity index (χ4v) is 1.46. The van der Waals surface area contributed by atoms with Crippen molar-refractivity contribution in [3.05, 3.63) is 29.0 Å². The van der Waals surface area contributed by atoms with Gasteiger partial charge in [0.2, 0.25) is 0 Å². The molecule has 0 saturated heterocycles. The van der Waals surface area contributed by atoms with Crippen molar-refractivity contribution in [2.24, 2.45) is 0 Å². The van der Waals surface area contributed by atoms with E-state index in [0.717, 1.165) is 28.7 Å². The Bertz CT molecular complexity index is 316. The van der Waals surface area contributed by atoms with Crippen LogP contribution in [-0.4, -0.2) is 11.5 Å². The van der Waals surface area contributed by atoms with Crippen LogP contribution in [0.4, 0.5) is 11.4 Å². The van der Waals surface area contributed by atoms with Gasteiger partial charge in [-0.3, -0.25) is 4.98 Å². The molecule has 76 valence electrons. The second kappa shape index (κ2) is 5.00. The van der Waals surface area contributed by atoms with Gasteiger partial charge in [-0.25, -0.2) is 0 Å². The van der Waals surface area contributed by atoms with Gasteiger partial charge in [-0.15, -0.1) is 0 Å². The summed E-state index contributed by atoms with van der Waals surface area (Å²) in [6.07, 6.45) is 4.31. The Balaban J connectivity index is 2.71. The summed E-state index contributed by atoms with van der Waals surface area (Å²) in [5.74, 6) is 0. The minimum atomic E-state index is 0.642. The number of pyridine rings is 1. The number of nitrogens with one attached hydrogen (secondary N) is 1. The number of aromatic nitrogens is 1. The standard InChI is InChI=1S/C10H14BrN3/c1-3-7(2)4-14-10-8(11)5-13-6-9(10)12/h5-6H,2-4,12H2,1H3,(H,13,14). The van der Waals surface area contributed by atoms with E-state index in [1.807, 2.05) is 0 Å². The van der Waals surface area contributed by atoms with Gasteiger partial charge in [0, 0.05) is 12.7 Å². The summed E-state index contributed by atoms with van der Waals surface area (Å²) in [6.45, 7) is 6.73. The summed E-state index contributed by atoms with van der Waals surface area (Å²) < 4.78 is 0.876. The maximum atomic E-state index is 5.76. The second-order valence-corrected chi connectivity index (χ2v) is 3.90. The number of halogens is 1. The third-order valence-electron chi connectivity index (χ3n) is 1.94. The molecule has 1 aromatic heterocycles. The van der Waals surface area contributed by atoms with Crippen molar-refractivity contribution in [3.8, 4) is 0 Å². The van der Waals surface area contributed by atoms with E-state index in [1.54, 1.807) is 12.4 Å². The number of nitrogens with zero attached hydrogens (tertiary/aromatic N) is 1. The molecule has 3 nitrogen and oxygen atoms in total. The Morgan fingerprint density at radius 3 is 2.93 bits per heavy atom. The molecule has 0 aliphatic rings. The molecule has 0 spiro atoms. The third-order valence-corrected chi connectivity index (χ3v) is 2.55. The van der Waals surface area contributed by atoms with Gasteiger partial charge in [0.05, 0.1) is 22.0 Å². The molecule has 0 atom stereocenters. The molecule has 0 aliphatic heterocycles. The number of hydrogen-bond acceptors (Lipinski definition) is 3. The van der Waals surface area contributed by atoms with E-state index in [1.165, 1.54) is 0 Å². The summed E-state index contributed by atoms with van der Waals surface area (Å²) in [7, 11) is 0. The lowest BCUT2D eigenvalue weighted by Crippen LogP contribution is -2.06. The molecule has 0 bridgehead atoms. The smallest absolute Gasteiger partial charge is 0.0752 e. The Hall–Kier alpha value is -1.03. The highest BCUT2D eigenvalue weighted by molar-refractivity contribution is 9.10. The lowest BCUT2D eigenvalue weighted by Gasteiger charge is -2.11. The van der Waals surface area contributed by atoms with Crippen molar-refractivity contribution in [2.45, 2.75) is 13.3 Å². The molecule has 1 rings (SSSR count). The number of rotatable bonds is 4. The first-order valence-corrected chi connectivity index (χ1v) is 5.24. The van der Waals surface area contributed by atoms with Crippen molar-refractivity contribution in [3.63, 3.8) is 0 Å². The van der Waals surface area contributed by atoms with Crippen molar-refractivity contribution in [2.75, 3.05) is 17.6 Å². The first kappa shape index (κ1) is 11.0. The predicted octanol–water partition coefficient (Wildman–Crippen LogP) is 2.80. The van der Waals surface area contributed by atoms with Crippen molar-refractivity contribution < 1.29 is 0 Å².